The van der Waals surface area contributed by atoms with E-state index in [0.29, 0.717) is 12.8 Å². The van der Waals surface area contributed by atoms with Crippen molar-refractivity contribution in [3.8, 4) is 0 Å². The fraction of sp³-hybridized carbons (Fsp3) is 0.484. The molecule has 0 N–H and O–H groups in total. The lowest BCUT2D eigenvalue weighted by atomic mass is 9.88. The zero-order chi connectivity index (χ0) is 26.0. The number of allylic oxidation sites excluding steroid dienone is 1. The third-order valence-corrected chi connectivity index (χ3v) is 6.55. The van der Waals surface area contributed by atoms with E-state index in [-0.39, 0.29) is 5.97 Å². The van der Waals surface area contributed by atoms with Gasteiger partial charge >= 0.3 is 5.97 Å². The second-order valence-electron chi connectivity index (χ2n) is 10.7. The molecule has 0 aliphatic carbocycles. The number of piperazine rings is 1. The number of carbonyl (C=O) groups is 1. The predicted octanol–water partition coefficient (Wildman–Crippen LogP) is 5.60. The number of hydrogen-bond donors (Lipinski definition) is 0. The number of ether oxygens (including phenoxy) is 1. The summed E-state index contributed by atoms with van der Waals surface area (Å²) in [5, 5.41) is 0. The van der Waals surface area contributed by atoms with E-state index in [0.717, 1.165) is 56.0 Å². The van der Waals surface area contributed by atoms with Crippen LogP contribution >= 0.6 is 0 Å². The van der Waals surface area contributed by atoms with E-state index in [1.165, 1.54) is 0 Å². The molecular formula is C31H43N3O2. The maximum absolute atomic E-state index is 13.9. The van der Waals surface area contributed by atoms with Gasteiger partial charge in [0.2, 0.25) is 0 Å². The summed E-state index contributed by atoms with van der Waals surface area (Å²) in [5.41, 5.74) is 1.22. The number of nitrogens with zero attached hydrogens (tertiary/aromatic N) is 3. The highest BCUT2D eigenvalue weighted by atomic mass is 16.6. The Morgan fingerprint density at radius 2 is 1.50 bits per heavy atom. The van der Waals surface area contributed by atoms with Crippen LogP contribution < -0.4 is 0 Å². The molecule has 5 nitrogen and oxygen atoms in total. The van der Waals surface area contributed by atoms with Crippen LogP contribution in [-0.2, 0) is 9.53 Å². The van der Waals surface area contributed by atoms with Crippen molar-refractivity contribution in [2.24, 2.45) is 4.99 Å². The van der Waals surface area contributed by atoms with Crippen LogP contribution in [0.2, 0.25) is 0 Å². The topological polar surface area (TPSA) is 45.1 Å². The molecule has 0 radical (unpaired) electrons. The minimum atomic E-state index is -1.01. The molecule has 2 aromatic rings. The molecule has 1 atom stereocenters. The van der Waals surface area contributed by atoms with Crippen LogP contribution in [0.3, 0.4) is 0 Å². The minimum absolute atomic E-state index is 0.254. The molecule has 0 amide bonds. The van der Waals surface area contributed by atoms with E-state index in [4.69, 9.17) is 9.73 Å². The van der Waals surface area contributed by atoms with Gasteiger partial charge in [-0.1, -0.05) is 72.8 Å². The molecule has 3 rings (SSSR count). The van der Waals surface area contributed by atoms with Crippen LogP contribution in [-0.4, -0.2) is 72.4 Å². The summed E-state index contributed by atoms with van der Waals surface area (Å²) in [4.78, 5) is 24.1. The lowest BCUT2D eigenvalue weighted by molar-refractivity contribution is -0.161. The Bertz CT molecular complexity index is 962. The predicted molar refractivity (Wildman–Crippen MR) is 150 cm³/mol. The van der Waals surface area contributed by atoms with Crippen molar-refractivity contribution in [1.82, 2.24) is 9.80 Å². The van der Waals surface area contributed by atoms with E-state index < -0.39 is 11.1 Å². The second-order valence-corrected chi connectivity index (χ2v) is 10.7. The monoisotopic (exact) mass is 489 g/mol. The maximum Gasteiger partial charge on any atom is 0.334 e. The van der Waals surface area contributed by atoms with Gasteiger partial charge in [0, 0.05) is 43.7 Å². The molecule has 1 aliphatic heterocycles. The molecule has 36 heavy (non-hydrogen) atoms. The average molecular weight is 490 g/mol. The van der Waals surface area contributed by atoms with Gasteiger partial charge in [0.05, 0.1) is 5.71 Å². The second kappa shape index (κ2) is 13.0. The summed E-state index contributed by atoms with van der Waals surface area (Å²) in [6, 6.07) is 20.3. The molecule has 0 saturated carbocycles. The highest BCUT2D eigenvalue weighted by molar-refractivity contribution is 6.13. The number of rotatable bonds is 10. The van der Waals surface area contributed by atoms with Crippen molar-refractivity contribution >= 4 is 11.7 Å². The van der Waals surface area contributed by atoms with Crippen LogP contribution in [0.5, 0.6) is 0 Å². The first-order valence-electron chi connectivity index (χ1n) is 13.2. The molecule has 0 bridgehead atoms. The number of likely N-dealkylation sites (N-methyl/N-ethyl adjacent to an activating group) is 1. The van der Waals surface area contributed by atoms with E-state index in [9.17, 15) is 4.79 Å². The Morgan fingerprint density at radius 3 is 2.00 bits per heavy atom. The average Bonchev–Trinajstić information content (AvgIpc) is 2.86. The van der Waals surface area contributed by atoms with E-state index >= 15 is 0 Å². The van der Waals surface area contributed by atoms with Gasteiger partial charge < -0.3 is 14.5 Å². The summed E-state index contributed by atoms with van der Waals surface area (Å²) in [6.45, 7) is 13.0. The van der Waals surface area contributed by atoms with E-state index in [2.05, 4.69) is 47.2 Å². The van der Waals surface area contributed by atoms with Crippen molar-refractivity contribution in [3.05, 3.63) is 83.9 Å². The Kier molecular flexibility index (Phi) is 10.0. The first-order valence-corrected chi connectivity index (χ1v) is 13.2. The Labute approximate surface area is 217 Å². The number of aliphatic imine (C=N–C) groups is 1. The third kappa shape index (κ3) is 8.14. The van der Waals surface area contributed by atoms with Gasteiger partial charge in [-0.25, -0.2) is 4.79 Å². The first-order chi connectivity index (χ1) is 17.2. The summed E-state index contributed by atoms with van der Waals surface area (Å²) in [7, 11) is 2.17. The molecule has 1 heterocycles. The van der Waals surface area contributed by atoms with Gasteiger partial charge in [-0.05, 0) is 54.1 Å². The van der Waals surface area contributed by atoms with Crippen LogP contribution in [0.1, 0.15) is 58.1 Å². The number of benzene rings is 2. The van der Waals surface area contributed by atoms with E-state index in [1.807, 2.05) is 70.2 Å². The van der Waals surface area contributed by atoms with Gasteiger partial charge in [-0.15, -0.1) is 0 Å². The Balaban J connectivity index is 2.03. The molecule has 2 aromatic carbocycles. The smallest absolute Gasteiger partial charge is 0.334 e. The van der Waals surface area contributed by atoms with Crippen molar-refractivity contribution in [1.29, 1.82) is 0 Å². The fourth-order valence-electron chi connectivity index (χ4n) is 4.49. The minimum Gasteiger partial charge on any atom is -0.458 e. The molecule has 0 spiro atoms. The van der Waals surface area contributed by atoms with Crippen LogP contribution in [0.4, 0.5) is 0 Å². The number of hydrogen-bond acceptors (Lipinski definition) is 5. The highest BCUT2D eigenvalue weighted by Crippen LogP contribution is 2.30. The summed E-state index contributed by atoms with van der Waals surface area (Å²) in [6.07, 6.45) is 6.06. The standard InChI is InChI=1S/C31H43N3O2/c1-6-7-19-31(29(35)36-30(2,3)4,20-14-21-34-24-22-33(5)23-25-34)32-28(26-15-10-8-11-16-26)27-17-12-9-13-18-27/h6-13,15-18H,14,19-25H2,1-5H3. The van der Waals surface area contributed by atoms with Crippen molar-refractivity contribution in [3.63, 3.8) is 0 Å². The van der Waals surface area contributed by atoms with Gasteiger partial charge in [-0.2, -0.15) is 0 Å². The SMILES string of the molecule is CC=CCC(CCCN1CCN(C)CC1)(N=C(c1ccccc1)c1ccccc1)C(=O)OC(C)(C)C. The van der Waals surface area contributed by atoms with Crippen LogP contribution in [0, 0.1) is 0 Å². The zero-order valence-electron chi connectivity index (χ0n) is 22.7. The summed E-state index contributed by atoms with van der Waals surface area (Å²) < 4.78 is 6.03. The Morgan fingerprint density at radius 1 is 0.944 bits per heavy atom. The Hall–Kier alpha value is -2.76. The number of esters is 1. The summed E-state index contributed by atoms with van der Waals surface area (Å²) >= 11 is 0. The number of carbonyl (C=O) groups excluding carboxylic acids is 1. The lowest BCUT2D eigenvalue weighted by Gasteiger charge is -2.34. The normalized spacial score (nSPS) is 17.0. The molecule has 1 unspecified atom stereocenters. The highest BCUT2D eigenvalue weighted by Gasteiger charge is 2.41. The van der Waals surface area contributed by atoms with Crippen LogP contribution in [0.25, 0.3) is 0 Å². The first kappa shape index (κ1) is 27.8. The molecule has 194 valence electrons. The largest absolute Gasteiger partial charge is 0.458 e. The van der Waals surface area contributed by atoms with Crippen molar-refractivity contribution in [2.75, 3.05) is 39.8 Å². The molecular weight excluding hydrogens is 446 g/mol. The van der Waals surface area contributed by atoms with Gasteiger partial charge in [0.1, 0.15) is 5.60 Å². The lowest BCUT2D eigenvalue weighted by Crippen LogP contribution is -2.46. The quantitative estimate of drug-likeness (QED) is 0.248. The molecule has 0 aromatic heterocycles. The van der Waals surface area contributed by atoms with Crippen molar-refractivity contribution < 1.29 is 9.53 Å². The van der Waals surface area contributed by atoms with Gasteiger partial charge in [-0.3, -0.25) is 4.99 Å². The van der Waals surface area contributed by atoms with E-state index in [1.54, 1.807) is 0 Å². The summed E-state index contributed by atoms with van der Waals surface area (Å²) in [5.74, 6) is -0.254. The molecule has 1 aliphatic rings. The van der Waals surface area contributed by atoms with Crippen LogP contribution in [0.15, 0.2) is 77.8 Å². The van der Waals surface area contributed by atoms with Gasteiger partial charge in [0.25, 0.3) is 0 Å². The molecule has 5 heteroatoms. The zero-order valence-corrected chi connectivity index (χ0v) is 22.7. The molecule has 1 saturated heterocycles. The maximum atomic E-state index is 13.9. The van der Waals surface area contributed by atoms with Crippen molar-refractivity contribution in [2.45, 2.75) is 58.1 Å². The fourth-order valence-corrected chi connectivity index (χ4v) is 4.49. The third-order valence-electron chi connectivity index (χ3n) is 6.55. The molecule has 1 fully saturated rings. The van der Waals surface area contributed by atoms with Gasteiger partial charge in [0.15, 0.2) is 5.54 Å².